The molecule has 7 heteroatoms. The molecule has 0 saturated heterocycles. The lowest BCUT2D eigenvalue weighted by molar-refractivity contribution is -0.152. The van der Waals surface area contributed by atoms with Gasteiger partial charge in [0.2, 0.25) is 0 Å². The summed E-state index contributed by atoms with van der Waals surface area (Å²) in [5.74, 6) is -0.228. The van der Waals surface area contributed by atoms with Crippen LogP contribution in [0, 0.1) is 6.57 Å². The molecule has 0 bridgehead atoms. The molecule has 0 aromatic heterocycles. The number of nitrogens with one attached hydrogen (secondary N) is 2. The summed E-state index contributed by atoms with van der Waals surface area (Å²) in [5, 5.41) is 5.64. The van der Waals surface area contributed by atoms with Crippen molar-refractivity contribution in [2.24, 2.45) is 0 Å². The van der Waals surface area contributed by atoms with Gasteiger partial charge in [-0.25, -0.2) is 4.85 Å². The third-order valence-electron chi connectivity index (χ3n) is 3.36. The molecular formula is C21H23N3O4. The third-order valence-corrected chi connectivity index (χ3v) is 3.36. The van der Waals surface area contributed by atoms with Crippen LogP contribution in [0.4, 0.5) is 17.1 Å². The van der Waals surface area contributed by atoms with Crippen molar-refractivity contribution in [2.45, 2.75) is 26.4 Å². The van der Waals surface area contributed by atoms with Crippen molar-refractivity contribution in [3.63, 3.8) is 0 Å². The van der Waals surface area contributed by atoms with Crippen molar-refractivity contribution in [1.29, 1.82) is 0 Å². The zero-order chi connectivity index (χ0) is 20.6. The van der Waals surface area contributed by atoms with Gasteiger partial charge in [-0.05, 0) is 45.0 Å². The van der Waals surface area contributed by atoms with E-state index < -0.39 is 11.6 Å². The fraction of sp³-hybridized carbons (Fsp3) is 0.286. The zero-order valence-electron chi connectivity index (χ0n) is 16.1. The second-order valence-electron chi connectivity index (χ2n) is 6.93. The molecule has 1 amide bonds. The minimum Gasteiger partial charge on any atom is -0.484 e. The third kappa shape index (κ3) is 7.00. The molecule has 2 aromatic carbocycles. The zero-order valence-corrected chi connectivity index (χ0v) is 16.1. The topological polar surface area (TPSA) is 81.0 Å². The molecule has 0 aliphatic carbocycles. The summed E-state index contributed by atoms with van der Waals surface area (Å²) >= 11 is 0. The highest BCUT2D eigenvalue weighted by Gasteiger charge is 2.16. The highest BCUT2D eigenvalue weighted by Crippen LogP contribution is 2.27. The van der Waals surface area contributed by atoms with Crippen molar-refractivity contribution in [1.82, 2.24) is 0 Å². The Kier molecular flexibility index (Phi) is 6.99. The van der Waals surface area contributed by atoms with E-state index >= 15 is 0 Å². The molecule has 0 fully saturated rings. The van der Waals surface area contributed by atoms with Crippen molar-refractivity contribution >= 4 is 28.9 Å². The largest absolute Gasteiger partial charge is 0.484 e. The van der Waals surface area contributed by atoms with Crippen LogP contribution in [0.15, 0.2) is 48.5 Å². The van der Waals surface area contributed by atoms with Gasteiger partial charge in [0.15, 0.2) is 12.3 Å². The van der Waals surface area contributed by atoms with Crippen LogP contribution in [0.3, 0.4) is 0 Å². The van der Waals surface area contributed by atoms with Gasteiger partial charge in [0.25, 0.3) is 5.91 Å². The van der Waals surface area contributed by atoms with E-state index in [1.807, 2.05) is 18.2 Å². The Morgan fingerprint density at radius 1 is 1.07 bits per heavy atom. The number of nitrogens with zero attached hydrogens (tertiary/aromatic N) is 1. The number of benzene rings is 2. The lowest BCUT2D eigenvalue weighted by Crippen LogP contribution is -2.28. The first-order chi connectivity index (χ1) is 13.3. The van der Waals surface area contributed by atoms with Gasteiger partial charge in [0.05, 0.1) is 17.9 Å². The maximum atomic E-state index is 12.2. The molecule has 2 aromatic rings. The number of hydrogen-bond donors (Lipinski definition) is 2. The second kappa shape index (κ2) is 9.42. The van der Waals surface area contributed by atoms with Gasteiger partial charge in [-0.1, -0.05) is 24.3 Å². The molecule has 28 heavy (non-hydrogen) atoms. The Bertz CT molecular complexity index is 867. The fourth-order valence-electron chi connectivity index (χ4n) is 2.26. The highest BCUT2D eigenvalue weighted by atomic mass is 16.6. The van der Waals surface area contributed by atoms with E-state index in [1.54, 1.807) is 45.0 Å². The van der Waals surface area contributed by atoms with Crippen molar-refractivity contribution in [3.8, 4) is 5.75 Å². The van der Waals surface area contributed by atoms with Gasteiger partial charge in [-0.2, -0.15) is 0 Å². The summed E-state index contributed by atoms with van der Waals surface area (Å²) in [7, 11) is 0. The van der Waals surface area contributed by atoms with E-state index in [1.165, 1.54) is 6.07 Å². The van der Waals surface area contributed by atoms with Crippen LogP contribution in [0.1, 0.15) is 20.8 Å². The summed E-state index contributed by atoms with van der Waals surface area (Å²) in [6, 6.07) is 13.7. The van der Waals surface area contributed by atoms with Gasteiger partial charge in [0, 0.05) is 0 Å². The molecule has 0 unspecified atom stereocenters. The average molecular weight is 381 g/mol. The van der Waals surface area contributed by atoms with Gasteiger partial charge in [0.1, 0.15) is 17.9 Å². The normalized spacial score (nSPS) is 10.5. The maximum absolute atomic E-state index is 12.2. The van der Waals surface area contributed by atoms with E-state index in [-0.39, 0.29) is 19.1 Å². The van der Waals surface area contributed by atoms with Crippen LogP contribution in [0.2, 0.25) is 0 Å². The average Bonchev–Trinajstić information content (AvgIpc) is 2.64. The standard InChI is InChI=1S/C21H23N3O4/c1-21(2,3)28-20(26)13-23-17-11-10-15(22-4)12-18(17)24-19(25)14-27-16-8-6-5-7-9-16/h5-12,23H,13-14H2,1-3H3,(H,24,25). The molecule has 0 aliphatic heterocycles. The Hall–Kier alpha value is -3.53. The van der Waals surface area contributed by atoms with Crippen molar-refractivity contribution in [3.05, 3.63) is 59.9 Å². The molecule has 7 nitrogen and oxygen atoms in total. The van der Waals surface area contributed by atoms with Crippen LogP contribution >= 0.6 is 0 Å². The fourth-order valence-corrected chi connectivity index (χ4v) is 2.26. The van der Waals surface area contributed by atoms with E-state index in [0.29, 0.717) is 22.8 Å². The minimum atomic E-state index is -0.585. The molecule has 0 spiro atoms. The number of carbonyl (C=O) groups is 2. The number of ether oxygens (including phenoxy) is 2. The SMILES string of the molecule is [C-]#[N+]c1ccc(NCC(=O)OC(C)(C)C)c(NC(=O)COc2ccccc2)c1. The summed E-state index contributed by atoms with van der Waals surface area (Å²) in [6.45, 7) is 12.3. The molecule has 0 aliphatic rings. The van der Waals surface area contributed by atoms with Crippen LogP contribution in [0.5, 0.6) is 5.75 Å². The number of esters is 1. The predicted molar refractivity (Wildman–Crippen MR) is 108 cm³/mol. The van der Waals surface area contributed by atoms with Crippen LogP contribution < -0.4 is 15.4 Å². The molecule has 2 N–H and O–H groups in total. The smallest absolute Gasteiger partial charge is 0.325 e. The van der Waals surface area contributed by atoms with Crippen molar-refractivity contribution in [2.75, 3.05) is 23.8 Å². The Balaban J connectivity index is 2.02. The van der Waals surface area contributed by atoms with Gasteiger partial charge < -0.3 is 20.1 Å². The summed E-state index contributed by atoms with van der Waals surface area (Å²) in [5.41, 5.74) is 0.672. The van der Waals surface area contributed by atoms with Gasteiger partial charge >= 0.3 is 5.97 Å². The number of carbonyl (C=O) groups excluding carboxylic acids is 2. The van der Waals surface area contributed by atoms with Crippen LogP contribution in [-0.4, -0.2) is 30.6 Å². The first kappa shape index (κ1) is 20.8. The lowest BCUT2D eigenvalue weighted by Gasteiger charge is -2.20. The number of anilines is 2. The first-order valence-corrected chi connectivity index (χ1v) is 8.72. The van der Waals surface area contributed by atoms with E-state index in [9.17, 15) is 9.59 Å². The number of hydrogen-bond acceptors (Lipinski definition) is 5. The Morgan fingerprint density at radius 2 is 1.79 bits per heavy atom. The molecule has 0 saturated carbocycles. The second-order valence-corrected chi connectivity index (χ2v) is 6.93. The Labute approximate surface area is 164 Å². The quantitative estimate of drug-likeness (QED) is 0.559. The summed E-state index contributed by atoms with van der Waals surface area (Å²) in [4.78, 5) is 27.5. The number of amides is 1. The molecule has 0 atom stereocenters. The van der Waals surface area contributed by atoms with E-state index in [0.717, 1.165) is 0 Å². The molecule has 0 radical (unpaired) electrons. The van der Waals surface area contributed by atoms with Gasteiger partial charge in [-0.15, -0.1) is 0 Å². The monoisotopic (exact) mass is 381 g/mol. The number of para-hydroxylation sites is 1. The lowest BCUT2D eigenvalue weighted by atomic mass is 10.2. The maximum Gasteiger partial charge on any atom is 0.325 e. The van der Waals surface area contributed by atoms with Gasteiger partial charge in [-0.3, -0.25) is 9.59 Å². The highest BCUT2D eigenvalue weighted by molar-refractivity contribution is 5.96. The minimum absolute atomic E-state index is 0.0714. The molecular weight excluding hydrogens is 358 g/mol. The summed E-state index contributed by atoms with van der Waals surface area (Å²) < 4.78 is 10.7. The molecule has 2 rings (SSSR count). The molecule has 0 heterocycles. The molecule has 146 valence electrons. The van der Waals surface area contributed by atoms with Crippen LogP contribution in [0.25, 0.3) is 4.85 Å². The predicted octanol–water partition coefficient (Wildman–Crippen LogP) is 4.01. The first-order valence-electron chi connectivity index (χ1n) is 8.72. The van der Waals surface area contributed by atoms with Crippen molar-refractivity contribution < 1.29 is 19.1 Å². The van der Waals surface area contributed by atoms with E-state index in [2.05, 4.69) is 15.5 Å². The number of rotatable bonds is 7. The van der Waals surface area contributed by atoms with E-state index in [4.69, 9.17) is 16.0 Å². The van der Waals surface area contributed by atoms with Crippen LogP contribution in [-0.2, 0) is 14.3 Å². The summed E-state index contributed by atoms with van der Waals surface area (Å²) in [6.07, 6.45) is 0. The Morgan fingerprint density at radius 3 is 2.43 bits per heavy atom.